The zero-order chi connectivity index (χ0) is 33.4. The summed E-state index contributed by atoms with van der Waals surface area (Å²) in [5, 5.41) is 37.1. The van der Waals surface area contributed by atoms with Crippen molar-refractivity contribution >= 4 is 42.1 Å². The Morgan fingerprint density at radius 2 is 1.67 bits per heavy atom. The Bertz CT molecular complexity index is 1560. The third-order valence-electron chi connectivity index (χ3n) is 9.64. The van der Waals surface area contributed by atoms with E-state index in [0.29, 0.717) is 47.5 Å². The molecular weight excluding hydrogens is 596 g/mol. The number of aromatic nitrogens is 1. The minimum Gasteiger partial charge on any atom is -0.481 e. The fourth-order valence-corrected chi connectivity index (χ4v) is 7.31. The predicted octanol–water partition coefficient (Wildman–Crippen LogP) is 3.70. The molecule has 45 heavy (non-hydrogen) atoms. The number of aliphatic hydroxyl groups is 1. The van der Waals surface area contributed by atoms with E-state index in [4.69, 9.17) is 0 Å². The van der Waals surface area contributed by atoms with Gasteiger partial charge in [0.25, 0.3) is 5.91 Å². The second-order valence-corrected chi connectivity index (χ2v) is 13.5. The van der Waals surface area contributed by atoms with Crippen molar-refractivity contribution in [3.63, 3.8) is 0 Å². The first-order valence-corrected chi connectivity index (χ1v) is 15.9. The lowest BCUT2D eigenvalue weighted by Crippen LogP contribution is -2.34. The van der Waals surface area contributed by atoms with Crippen molar-refractivity contribution in [1.82, 2.24) is 15.6 Å². The first-order valence-electron chi connectivity index (χ1n) is 15.4. The van der Waals surface area contributed by atoms with Gasteiger partial charge < -0.3 is 30.9 Å². The zero-order valence-corrected chi connectivity index (χ0v) is 27.7. The van der Waals surface area contributed by atoms with E-state index in [9.17, 15) is 34.5 Å². The number of H-pyrrole nitrogens is 1. The predicted molar refractivity (Wildman–Crippen MR) is 173 cm³/mol. The highest BCUT2D eigenvalue weighted by molar-refractivity contribution is 7.82. The number of aromatic amines is 1. The summed E-state index contributed by atoms with van der Waals surface area (Å²) in [5.41, 5.74) is 5.49. The van der Waals surface area contributed by atoms with Crippen molar-refractivity contribution in [2.45, 2.75) is 109 Å². The van der Waals surface area contributed by atoms with Crippen LogP contribution in [0.4, 0.5) is 0 Å². The number of aliphatic carboxylic acids is 2. The number of amides is 2. The normalized spacial score (nSPS) is 27.5. The molecule has 1 aromatic heterocycles. The molecule has 4 heterocycles. The molecule has 1 unspecified atom stereocenters. The van der Waals surface area contributed by atoms with Gasteiger partial charge in [-0.15, -0.1) is 0 Å². The lowest BCUT2D eigenvalue weighted by molar-refractivity contribution is -0.138. The Kier molecular flexibility index (Phi) is 9.89. The number of rotatable bonds is 13. The minimum atomic E-state index is -1.54. The molecule has 1 saturated heterocycles. The van der Waals surface area contributed by atoms with Crippen LogP contribution in [0.25, 0.3) is 0 Å². The maximum Gasteiger partial charge on any atom is 0.303 e. The largest absolute Gasteiger partial charge is 0.481 e. The number of aliphatic imine (C=N–C) groups is 1. The molecule has 244 valence electrons. The Hall–Kier alpha value is -3.64. The van der Waals surface area contributed by atoms with Crippen molar-refractivity contribution in [2.24, 2.45) is 10.9 Å². The van der Waals surface area contributed by atoms with E-state index in [1.807, 2.05) is 27.7 Å². The number of nitrogens with one attached hydrogen (secondary N) is 3. The number of thiol groups is 1. The van der Waals surface area contributed by atoms with Crippen molar-refractivity contribution in [2.75, 3.05) is 0 Å². The number of nitrogens with zero attached hydrogens (tertiary/aromatic N) is 1. The van der Waals surface area contributed by atoms with Gasteiger partial charge in [0, 0.05) is 60.0 Å². The maximum absolute atomic E-state index is 12.7. The van der Waals surface area contributed by atoms with Crippen LogP contribution < -0.4 is 10.6 Å². The first kappa shape index (κ1) is 34.2. The van der Waals surface area contributed by atoms with E-state index < -0.39 is 28.3 Å². The highest BCUT2D eigenvalue weighted by Gasteiger charge is 2.49. The SMILES string of the molecule is CCC1=C(C)C(Cc2[nH]c(CC3=C(CCC(=O)O)[C@@](C)(O)/C(=C\C4NC(=O)[C@@](C)(S)[C@H]4CC)N3)c(CCC(=O)O)c2C)=NC1=O. The fourth-order valence-electron chi connectivity index (χ4n) is 6.90. The Labute approximate surface area is 268 Å². The lowest BCUT2D eigenvalue weighted by Gasteiger charge is -2.26. The molecule has 0 radical (unpaired) electrons. The van der Waals surface area contributed by atoms with Crippen molar-refractivity contribution < 1.29 is 34.5 Å². The molecule has 4 rings (SSSR count). The van der Waals surface area contributed by atoms with Crippen LogP contribution >= 0.6 is 12.6 Å². The van der Waals surface area contributed by atoms with Crippen LogP contribution in [0, 0.1) is 12.8 Å². The molecule has 0 bridgehead atoms. The molecule has 0 spiro atoms. The van der Waals surface area contributed by atoms with Crippen LogP contribution in [-0.4, -0.2) is 66.2 Å². The highest BCUT2D eigenvalue weighted by Crippen LogP contribution is 2.41. The molecule has 12 heteroatoms. The second-order valence-electron chi connectivity index (χ2n) is 12.5. The van der Waals surface area contributed by atoms with Crippen molar-refractivity contribution in [3.05, 3.63) is 56.7 Å². The smallest absolute Gasteiger partial charge is 0.303 e. The third kappa shape index (κ3) is 6.67. The van der Waals surface area contributed by atoms with Gasteiger partial charge in [0.2, 0.25) is 5.91 Å². The molecule has 6 N–H and O–H groups in total. The summed E-state index contributed by atoms with van der Waals surface area (Å²) < 4.78 is -0.889. The molecule has 4 atom stereocenters. The van der Waals surface area contributed by atoms with Gasteiger partial charge in [-0.2, -0.15) is 12.6 Å². The molecule has 2 amide bonds. The van der Waals surface area contributed by atoms with Gasteiger partial charge in [0.15, 0.2) is 0 Å². The van der Waals surface area contributed by atoms with Crippen LogP contribution in [0.5, 0.6) is 0 Å². The molecule has 1 aromatic rings. The second kappa shape index (κ2) is 13.0. The molecule has 3 aliphatic heterocycles. The van der Waals surface area contributed by atoms with E-state index >= 15 is 0 Å². The van der Waals surface area contributed by atoms with E-state index in [2.05, 4.69) is 33.2 Å². The van der Waals surface area contributed by atoms with Gasteiger partial charge in [-0.1, -0.05) is 13.8 Å². The summed E-state index contributed by atoms with van der Waals surface area (Å²) in [7, 11) is 0. The highest BCUT2D eigenvalue weighted by atomic mass is 32.1. The topological polar surface area (TPSA) is 181 Å². The zero-order valence-electron chi connectivity index (χ0n) is 26.8. The van der Waals surface area contributed by atoms with Crippen LogP contribution in [0.2, 0.25) is 0 Å². The van der Waals surface area contributed by atoms with Gasteiger partial charge >= 0.3 is 11.9 Å². The summed E-state index contributed by atoms with van der Waals surface area (Å²) in [4.78, 5) is 56.0. The van der Waals surface area contributed by atoms with Gasteiger partial charge in [-0.05, 0) is 81.7 Å². The molecule has 0 aromatic carbocycles. The maximum atomic E-state index is 12.7. The van der Waals surface area contributed by atoms with E-state index in [0.717, 1.165) is 28.1 Å². The van der Waals surface area contributed by atoms with Crippen LogP contribution in [0.1, 0.15) is 89.2 Å². The van der Waals surface area contributed by atoms with Crippen LogP contribution in [-0.2, 0) is 38.4 Å². The number of carboxylic acid groups (broad SMARTS) is 2. The van der Waals surface area contributed by atoms with E-state index in [1.165, 1.54) is 0 Å². The average Bonchev–Trinajstić information content (AvgIpc) is 3.54. The molecule has 3 aliphatic rings. The summed E-state index contributed by atoms with van der Waals surface area (Å²) in [6.07, 6.45) is 3.73. The Morgan fingerprint density at radius 1 is 1.02 bits per heavy atom. The first-order chi connectivity index (χ1) is 21.0. The molecular formula is C33H44N4O7S. The lowest BCUT2D eigenvalue weighted by atomic mass is 9.85. The Balaban J connectivity index is 1.74. The number of carboxylic acids is 2. The number of carbonyl (C=O) groups excluding carboxylic acids is 2. The van der Waals surface area contributed by atoms with Gasteiger partial charge in [-0.25, -0.2) is 4.99 Å². The molecule has 0 aliphatic carbocycles. The monoisotopic (exact) mass is 640 g/mol. The molecule has 1 fully saturated rings. The summed E-state index contributed by atoms with van der Waals surface area (Å²) >= 11 is 4.62. The summed E-state index contributed by atoms with van der Waals surface area (Å²) in [6.45, 7) is 11.1. The van der Waals surface area contributed by atoms with Crippen LogP contribution in [0.15, 0.2) is 39.2 Å². The summed E-state index contributed by atoms with van der Waals surface area (Å²) in [6, 6.07) is -0.399. The number of hydrogen-bond donors (Lipinski definition) is 7. The van der Waals surface area contributed by atoms with E-state index in [1.54, 1.807) is 19.9 Å². The fraction of sp³-hybridized carbons (Fsp3) is 0.545. The minimum absolute atomic E-state index is 0.0836. The van der Waals surface area contributed by atoms with E-state index in [-0.39, 0.29) is 49.8 Å². The summed E-state index contributed by atoms with van der Waals surface area (Å²) in [5.74, 6) is -2.51. The third-order valence-corrected chi connectivity index (χ3v) is 10.2. The van der Waals surface area contributed by atoms with Crippen LogP contribution in [0.3, 0.4) is 0 Å². The molecule has 11 nitrogen and oxygen atoms in total. The van der Waals surface area contributed by atoms with Crippen molar-refractivity contribution in [3.8, 4) is 0 Å². The Morgan fingerprint density at radius 3 is 2.24 bits per heavy atom. The van der Waals surface area contributed by atoms with Gasteiger partial charge in [0.05, 0.1) is 16.5 Å². The standard InChI is InChI=1S/C33H44N4O7S/c1-7-18-16(3)23(36-30(18)42)13-22-17(4)19(9-11-28(38)39)24(34-22)14-25-21(10-12-29(40)41)32(5,44)27(35-25)15-26-20(8-2)33(6,45)31(43)37-26/h15,20,26,34-35,44-45H,7-14H2,1-6H3,(H,37,43)(H,38,39)(H,40,41)/b27-15+/t20-,26?,32+,33-/m0/s1. The van der Waals surface area contributed by atoms with Gasteiger partial charge in [0.1, 0.15) is 5.60 Å². The average molecular weight is 641 g/mol. The van der Waals surface area contributed by atoms with Gasteiger partial charge in [-0.3, -0.25) is 19.2 Å². The number of hydrogen-bond acceptors (Lipinski definition) is 7. The quantitative estimate of drug-likeness (QED) is 0.159. The van der Waals surface area contributed by atoms with Crippen molar-refractivity contribution in [1.29, 1.82) is 0 Å². The molecule has 0 saturated carbocycles. The number of allylic oxidation sites excluding steroid dienone is 2. The number of carbonyl (C=O) groups is 4.